The van der Waals surface area contributed by atoms with Gasteiger partial charge in [0.25, 0.3) is 0 Å². The van der Waals surface area contributed by atoms with E-state index in [-0.39, 0.29) is 0 Å². The fourth-order valence-corrected chi connectivity index (χ4v) is 5.82. The van der Waals surface area contributed by atoms with Crippen LogP contribution in [-0.4, -0.2) is 45.6 Å². The maximum Gasteiger partial charge on any atom is 0.243 e. The van der Waals surface area contributed by atoms with Crippen molar-refractivity contribution < 1.29 is 8.42 Å². The normalized spacial score (nSPS) is 15.2. The molecule has 31 heavy (non-hydrogen) atoms. The second-order valence-corrected chi connectivity index (χ2v) is 10.1. The summed E-state index contributed by atoms with van der Waals surface area (Å²) in [5.41, 5.74) is 5.92. The summed E-state index contributed by atoms with van der Waals surface area (Å²) in [5, 5.41) is 5.55. The largest absolute Gasteiger partial charge is 0.342 e. The van der Waals surface area contributed by atoms with Crippen molar-refractivity contribution >= 4 is 21.1 Å². The van der Waals surface area contributed by atoms with Crippen molar-refractivity contribution in [1.82, 2.24) is 24.1 Å². The Morgan fingerprint density at radius 1 is 1.03 bits per heavy atom. The van der Waals surface area contributed by atoms with Crippen LogP contribution in [0.2, 0.25) is 0 Å². The number of nitrogens with zero attached hydrogens (tertiary/aromatic N) is 4. The highest BCUT2D eigenvalue weighted by Gasteiger charge is 2.27. The second-order valence-electron chi connectivity index (χ2n) is 8.14. The van der Waals surface area contributed by atoms with E-state index in [0.29, 0.717) is 24.5 Å². The topological polar surface area (TPSA) is 83.9 Å². The van der Waals surface area contributed by atoms with E-state index < -0.39 is 10.0 Å². The maximum absolute atomic E-state index is 12.8. The molecule has 1 N–H and O–H groups in total. The molecule has 0 atom stereocenters. The van der Waals surface area contributed by atoms with E-state index in [1.54, 1.807) is 22.6 Å². The number of pyridine rings is 1. The van der Waals surface area contributed by atoms with Gasteiger partial charge in [0.1, 0.15) is 5.65 Å². The first-order valence-corrected chi connectivity index (χ1v) is 11.9. The predicted octanol–water partition coefficient (Wildman–Crippen LogP) is 3.88. The molecule has 0 bridgehead atoms. The summed E-state index contributed by atoms with van der Waals surface area (Å²) in [6.07, 6.45) is 3.63. The van der Waals surface area contributed by atoms with Gasteiger partial charge >= 0.3 is 0 Å². The molecule has 3 aromatic heterocycles. The van der Waals surface area contributed by atoms with E-state index in [4.69, 9.17) is 0 Å². The lowest BCUT2D eigenvalue weighted by atomic mass is 10.0. The van der Waals surface area contributed by atoms with E-state index in [1.165, 1.54) is 0 Å². The van der Waals surface area contributed by atoms with Gasteiger partial charge in [-0.05, 0) is 68.1 Å². The van der Waals surface area contributed by atoms with Gasteiger partial charge in [-0.15, -0.1) is 0 Å². The molecular weight excluding hydrogens is 410 g/mol. The first-order valence-electron chi connectivity index (χ1n) is 10.5. The summed E-state index contributed by atoms with van der Waals surface area (Å²) in [5.74, 6) is 0. The number of fused-ring (bicyclic) bond motifs is 1. The summed E-state index contributed by atoms with van der Waals surface area (Å²) in [6.45, 7) is 5.89. The van der Waals surface area contributed by atoms with E-state index in [9.17, 15) is 8.42 Å². The average Bonchev–Trinajstić information content (AvgIpc) is 3.48. The van der Waals surface area contributed by atoms with Gasteiger partial charge in [0, 0.05) is 36.1 Å². The molecule has 0 radical (unpaired) electrons. The fraction of sp³-hybridized carbons (Fsp3) is 0.304. The smallest absolute Gasteiger partial charge is 0.243 e. The Labute approximate surface area is 181 Å². The van der Waals surface area contributed by atoms with Crippen LogP contribution in [0, 0.1) is 13.8 Å². The molecule has 4 heterocycles. The third kappa shape index (κ3) is 3.66. The molecule has 1 aliphatic heterocycles. The molecular formula is C23H25N5O2S. The van der Waals surface area contributed by atoms with Crippen LogP contribution < -0.4 is 0 Å². The molecule has 4 aromatic rings. The zero-order valence-electron chi connectivity index (χ0n) is 17.7. The van der Waals surface area contributed by atoms with Crippen LogP contribution in [0.4, 0.5) is 0 Å². The predicted molar refractivity (Wildman–Crippen MR) is 120 cm³/mol. The molecule has 0 spiro atoms. The standard InChI is InChI=1S/C23H25N5O2S/c1-16-13-17(2)28(26-16)15-19-14-22-21(9-10-24-23(22)25-19)18-5-7-20(8-6-18)31(29,30)27-11-3-4-12-27/h5-10,13-14H,3-4,11-12,15H2,1-2H3,(H,24,25). The van der Waals surface area contributed by atoms with E-state index >= 15 is 0 Å². The lowest BCUT2D eigenvalue weighted by Gasteiger charge is -2.15. The van der Waals surface area contributed by atoms with Crippen molar-refractivity contribution in [2.24, 2.45) is 0 Å². The number of H-pyrrole nitrogens is 1. The molecule has 8 heteroatoms. The van der Waals surface area contributed by atoms with Gasteiger partial charge in [0.05, 0.1) is 17.1 Å². The summed E-state index contributed by atoms with van der Waals surface area (Å²) < 4.78 is 29.2. The molecule has 0 saturated carbocycles. The molecule has 160 valence electrons. The molecule has 7 nitrogen and oxygen atoms in total. The lowest BCUT2D eigenvalue weighted by molar-refractivity contribution is 0.477. The SMILES string of the molecule is Cc1cc(C)n(Cc2cc3c(-c4ccc(S(=O)(=O)N5CCCC5)cc4)ccnc3[nH]2)n1. The van der Waals surface area contributed by atoms with Crippen LogP contribution in [-0.2, 0) is 16.6 Å². The van der Waals surface area contributed by atoms with Crippen LogP contribution >= 0.6 is 0 Å². The molecule has 1 aliphatic rings. The monoisotopic (exact) mass is 435 g/mol. The molecule has 1 saturated heterocycles. The molecule has 0 amide bonds. The fourth-order valence-electron chi connectivity index (χ4n) is 4.30. The minimum Gasteiger partial charge on any atom is -0.342 e. The van der Waals surface area contributed by atoms with E-state index in [1.807, 2.05) is 36.7 Å². The van der Waals surface area contributed by atoms with Gasteiger partial charge in [0.15, 0.2) is 0 Å². The van der Waals surface area contributed by atoms with Gasteiger partial charge in [0.2, 0.25) is 10.0 Å². The van der Waals surface area contributed by atoms with Crippen LogP contribution in [0.3, 0.4) is 0 Å². The molecule has 5 rings (SSSR count). The van der Waals surface area contributed by atoms with Crippen molar-refractivity contribution in [3.8, 4) is 11.1 Å². The Morgan fingerprint density at radius 2 is 1.77 bits per heavy atom. The summed E-state index contributed by atoms with van der Waals surface area (Å²) in [6, 6.07) is 13.3. The van der Waals surface area contributed by atoms with Gasteiger partial charge < -0.3 is 4.98 Å². The first kappa shape index (κ1) is 20.0. The number of aryl methyl sites for hydroxylation is 2. The molecule has 0 aliphatic carbocycles. The summed E-state index contributed by atoms with van der Waals surface area (Å²) >= 11 is 0. The lowest BCUT2D eigenvalue weighted by Crippen LogP contribution is -2.27. The zero-order chi connectivity index (χ0) is 21.6. The van der Waals surface area contributed by atoms with Crippen LogP contribution in [0.15, 0.2) is 53.6 Å². The van der Waals surface area contributed by atoms with Crippen molar-refractivity contribution in [1.29, 1.82) is 0 Å². The van der Waals surface area contributed by atoms with Gasteiger partial charge in [-0.25, -0.2) is 13.4 Å². The Hall–Kier alpha value is -2.97. The van der Waals surface area contributed by atoms with Crippen LogP contribution in [0.1, 0.15) is 29.9 Å². The van der Waals surface area contributed by atoms with Crippen molar-refractivity contribution in [2.45, 2.75) is 38.1 Å². The number of aromatic amines is 1. The molecule has 0 unspecified atom stereocenters. The highest BCUT2D eigenvalue weighted by atomic mass is 32.2. The average molecular weight is 436 g/mol. The highest BCUT2D eigenvalue weighted by Crippen LogP contribution is 2.30. The highest BCUT2D eigenvalue weighted by molar-refractivity contribution is 7.89. The van der Waals surface area contributed by atoms with Crippen LogP contribution in [0.25, 0.3) is 22.2 Å². The summed E-state index contributed by atoms with van der Waals surface area (Å²) in [7, 11) is -3.41. The van der Waals surface area contributed by atoms with Crippen LogP contribution in [0.5, 0.6) is 0 Å². The second kappa shape index (κ2) is 7.62. The third-order valence-electron chi connectivity index (χ3n) is 5.88. The Balaban J connectivity index is 1.47. The quantitative estimate of drug-likeness (QED) is 0.516. The van der Waals surface area contributed by atoms with E-state index in [0.717, 1.165) is 52.1 Å². The number of hydrogen-bond acceptors (Lipinski definition) is 4. The number of aromatic nitrogens is 4. The molecule has 1 aromatic carbocycles. The number of nitrogens with one attached hydrogen (secondary N) is 1. The Bertz CT molecular complexity index is 1350. The Morgan fingerprint density at radius 3 is 2.45 bits per heavy atom. The first-order chi connectivity index (χ1) is 14.9. The Kier molecular flexibility index (Phi) is 4.91. The van der Waals surface area contributed by atoms with Crippen molar-refractivity contribution in [3.05, 3.63) is 65.7 Å². The number of benzene rings is 1. The third-order valence-corrected chi connectivity index (χ3v) is 7.79. The maximum atomic E-state index is 12.8. The number of sulfonamides is 1. The molecule has 1 fully saturated rings. The number of rotatable bonds is 5. The zero-order valence-corrected chi connectivity index (χ0v) is 18.5. The van der Waals surface area contributed by atoms with Gasteiger partial charge in [-0.1, -0.05) is 12.1 Å². The summed E-state index contributed by atoms with van der Waals surface area (Å²) in [4.78, 5) is 8.22. The minimum absolute atomic E-state index is 0.350. The van der Waals surface area contributed by atoms with Crippen molar-refractivity contribution in [2.75, 3.05) is 13.1 Å². The van der Waals surface area contributed by atoms with Crippen molar-refractivity contribution in [3.63, 3.8) is 0 Å². The number of hydrogen-bond donors (Lipinski definition) is 1. The minimum atomic E-state index is -3.41. The van der Waals surface area contributed by atoms with Gasteiger partial charge in [-0.2, -0.15) is 9.40 Å². The van der Waals surface area contributed by atoms with E-state index in [2.05, 4.69) is 27.2 Å². The van der Waals surface area contributed by atoms with Gasteiger partial charge in [-0.3, -0.25) is 4.68 Å².